The zero-order valence-electron chi connectivity index (χ0n) is 11.6. The molecule has 0 aliphatic heterocycles. The first-order valence-electron chi connectivity index (χ1n) is 6.80. The third-order valence-electron chi connectivity index (χ3n) is 3.67. The van der Waals surface area contributed by atoms with Crippen LogP contribution in [0.3, 0.4) is 0 Å². The van der Waals surface area contributed by atoms with Crippen molar-refractivity contribution < 1.29 is 0 Å². The maximum atomic E-state index is 6.40. The van der Waals surface area contributed by atoms with E-state index in [0.717, 1.165) is 15.1 Å². The van der Waals surface area contributed by atoms with Gasteiger partial charge in [-0.15, -0.1) is 0 Å². The van der Waals surface area contributed by atoms with Crippen LogP contribution in [0, 0.1) is 0 Å². The van der Waals surface area contributed by atoms with Gasteiger partial charge in [0.25, 0.3) is 0 Å². The van der Waals surface area contributed by atoms with Gasteiger partial charge in [0.2, 0.25) is 0 Å². The van der Waals surface area contributed by atoms with Gasteiger partial charge in [0.15, 0.2) is 0 Å². The third kappa shape index (κ3) is 2.98. The molecule has 0 amide bonds. The minimum atomic E-state index is 0.0789. The van der Waals surface area contributed by atoms with Gasteiger partial charge in [-0.25, -0.2) is 0 Å². The Kier molecular flexibility index (Phi) is 4.29. The maximum Gasteiger partial charge on any atom is 0.0589 e. The van der Waals surface area contributed by atoms with Gasteiger partial charge >= 0.3 is 0 Å². The average Bonchev–Trinajstić information content (AvgIpc) is 2.50. The van der Waals surface area contributed by atoms with Gasteiger partial charge in [-0.3, -0.25) is 0 Å². The normalized spacial score (nSPS) is 12.5. The SMILES string of the molecule is CNC(c1ccc2ccccc2c1)c1ccc(Br)cc1Cl. The highest BCUT2D eigenvalue weighted by molar-refractivity contribution is 9.10. The Morgan fingerprint density at radius 1 is 0.952 bits per heavy atom. The molecule has 0 heterocycles. The summed E-state index contributed by atoms with van der Waals surface area (Å²) in [5.74, 6) is 0. The van der Waals surface area contributed by atoms with Gasteiger partial charge in [0.1, 0.15) is 0 Å². The Bertz CT molecular complexity index is 785. The Labute approximate surface area is 138 Å². The van der Waals surface area contributed by atoms with Gasteiger partial charge in [0.05, 0.1) is 6.04 Å². The number of fused-ring (bicyclic) bond motifs is 1. The monoisotopic (exact) mass is 359 g/mol. The first-order chi connectivity index (χ1) is 10.2. The molecule has 3 heteroatoms. The van der Waals surface area contributed by atoms with Crippen LogP contribution in [-0.2, 0) is 0 Å². The molecule has 0 aliphatic rings. The van der Waals surface area contributed by atoms with E-state index in [1.165, 1.54) is 16.3 Å². The molecule has 1 unspecified atom stereocenters. The van der Waals surface area contributed by atoms with Crippen LogP contribution in [0.15, 0.2) is 65.1 Å². The van der Waals surface area contributed by atoms with Crippen molar-refractivity contribution in [2.45, 2.75) is 6.04 Å². The molecule has 3 aromatic rings. The summed E-state index contributed by atoms with van der Waals surface area (Å²) < 4.78 is 0.990. The van der Waals surface area contributed by atoms with Crippen molar-refractivity contribution in [1.29, 1.82) is 0 Å². The topological polar surface area (TPSA) is 12.0 Å². The fourth-order valence-corrected chi connectivity index (χ4v) is 3.41. The highest BCUT2D eigenvalue weighted by Crippen LogP contribution is 2.31. The quantitative estimate of drug-likeness (QED) is 0.644. The van der Waals surface area contributed by atoms with Crippen LogP contribution in [0.2, 0.25) is 5.02 Å². The Morgan fingerprint density at radius 3 is 2.43 bits per heavy atom. The van der Waals surface area contributed by atoms with E-state index < -0.39 is 0 Å². The molecule has 3 rings (SSSR count). The summed E-state index contributed by atoms with van der Waals surface area (Å²) >= 11 is 9.85. The van der Waals surface area contributed by atoms with Crippen LogP contribution in [0.4, 0.5) is 0 Å². The van der Waals surface area contributed by atoms with Crippen LogP contribution in [0.25, 0.3) is 10.8 Å². The van der Waals surface area contributed by atoms with Crippen molar-refractivity contribution >= 4 is 38.3 Å². The summed E-state index contributed by atoms with van der Waals surface area (Å²) in [5.41, 5.74) is 2.29. The van der Waals surface area contributed by atoms with E-state index in [2.05, 4.69) is 69.8 Å². The molecule has 1 nitrogen and oxygen atoms in total. The standard InChI is InChI=1S/C18H15BrClN/c1-21-18(16-9-8-15(19)11-17(16)20)14-7-6-12-4-2-3-5-13(12)10-14/h2-11,18,21H,1H3. The van der Waals surface area contributed by atoms with E-state index in [-0.39, 0.29) is 6.04 Å². The van der Waals surface area contributed by atoms with Crippen LogP contribution in [0.5, 0.6) is 0 Å². The number of nitrogens with one attached hydrogen (secondary N) is 1. The molecular weight excluding hydrogens is 346 g/mol. The van der Waals surface area contributed by atoms with Crippen molar-refractivity contribution in [2.24, 2.45) is 0 Å². The van der Waals surface area contributed by atoms with E-state index in [4.69, 9.17) is 11.6 Å². The summed E-state index contributed by atoms with van der Waals surface area (Å²) in [7, 11) is 1.96. The van der Waals surface area contributed by atoms with Crippen LogP contribution in [-0.4, -0.2) is 7.05 Å². The van der Waals surface area contributed by atoms with Crippen molar-refractivity contribution in [3.8, 4) is 0 Å². The predicted octanol–water partition coefficient (Wildman–Crippen LogP) is 5.56. The molecular formula is C18H15BrClN. The van der Waals surface area contributed by atoms with Gasteiger partial charge in [-0.05, 0) is 47.1 Å². The lowest BCUT2D eigenvalue weighted by atomic mass is 9.96. The lowest BCUT2D eigenvalue weighted by Crippen LogP contribution is -2.18. The number of benzene rings is 3. The van der Waals surface area contributed by atoms with Crippen LogP contribution in [0.1, 0.15) is 17.2 Å². The van der Waals surface area contributed by atoms with Crippen LogP contribution >= 0.6 is 27.5 Å². The number of halogens is 2. The van der Waals surface area contributed by atoms with Crippen molar-refractivity contribution in [1.82, 2.24) is 5.32 Å². The van der Waals surface area contributed by atoms with Crippen molar-refractivity contribution in [3.63, 3.8) is 0 Å². The molecule has 0 saturated heterocycles. The van der Waals surface area contributed by atoms with Gasteiger partial charge in [-0.1, -0.05) is 70.0 Å². The molecule has 0 aromatic heterocycles. The summed E-state index contributed by atoms with van der Waals surface area (Å²) in [6.45, 7) is 0. The van der Waals surface area contributed by atoms with E-state index in [0.29, 0.717) is 0 Å². The van der Waals surface area contributed by atoms with Crippen molar-refractivity contribution in [2.75, 3.05) is 7.05 Å². The zero-order valence-corrected chi connectivity index (χ0v) is 13.9. The zero-order chi connectivity index (χ0) is 14.8. The Hall–Kier alpha value is -1.35. The smallest absolute Gasteiger partial charge is 0.0589 e. The molecule has 1 N–H and O–H groups in total. The molecule has 106 valence electrons. The highest BCUT2D eigenvalue weighted by atomic mass is 79.9. The van der Waals surface area contributed by atoms with E-state index >= 15 is 0 Å². The Morgan fingerprint density at radius 2 is 1.71 bits per heavy atom. The second-order valence-electron chi connectivity index (χ2n) is 4.99. The lowest BCUT2D eigenvalue weighted by Gasteiger charge is -2.19. The predicted molar refractivity (Wildman–Crippen MR) is 94.0 cm³/mol. The van der Waals surface area contributed by atoms with Gasteiger partial charge in [-0.2, -0.15) is 0 Å². The second-order valence-corrected chi connectivity index (χ2v) is 6.32. The molecule has 0 fully saturated rings. The van der Waals surface area contributed by atoms with Gasteiger partial charge < -0.3 is 5.32 Å². The molecule has 0 aliphatic carbocycles. The molecule has 21 heavy (non-hydrogen) atoms. The third-order valence-corrected chi connectivity index (χ3v) is 4.49. The molecule has 0 radical (unpaired) electrons. The summed E-state index contributed by atoms with van der Waals surface area (Å²) in [6.07, 6.45) is 0. The number of hydrogen-bond acceptors (Lipinski definition) is 1. The molecule has 0 bridgehead atoms. The summed E-state index contributed by atoms with van der Waals surface area (Å²) in [5, 5.41) is 6.61. The first-order valence-corrected chi connectivity index (χ1v) is 7.97. The first kappa shape index (κ1) is 14.6. The average molecular weight is 361 g/mol. The van der Waals surface area contributed by atoms with Gasteiger partial charge in [0, 0.05) is 9.50 Å². The Balaban J connectivity index is 2.09. The number of hydrogen-bond donors (Lipinski definition) is 1. The molecule has 0 saturated carbocycles. The van der Waals surface area contributed by atoms with Crippen molar-refractivity contribution in [3.05, 3.63) is 81.3 Å². The summed E-state index contributed by atoms with van der Waals surface area (Å²) in [4.78, 5) is 0. The minimum absolute atomic E-state index is 0.0789. The van der Waals surface area contributed by atoms with E-state index in [1.54, 1.807) is 0 Å². The van der Waals surface area contributed by atoms with Crippen LogP contribution < -0.4 is 5.32 Å². The van der Waals surface area contributed by atoms with E-state index in [1.807, 2.05) is 19.2 Å². The van der Waals surface area contributed by atoms with E-state index in [9.17, 15) is 0 Å². The number of rotatable bonds is 3. The lowest BCUT2D eigenvalue weighted by molar-refractivity contribution is 0.693. The minimum Gasteiger partial charge on any atom is -0.309 e. The maximum absolute atomic E-state index is 6.40. The molecule has 0 spiro atoms. The fraction of sp³-hybridized carbons (Fsp3) is 0.111. The second kappa shape index (κ2) is 6.18. The molecule has 1 atom stereocenters. The molecule has 3 aromatic carbocycles. The fourth-order valence-electron chi connectivity index (χ4n) is 2.62. The largest absolute Gasteiger partial charge is 0.309 e. The summed E-state index contributed by atoms with van der Waals surface area (Å²) in [6, 6.07) is 21.0. The highest BCUT2D eigenvalue weighted by Gasteiger charge is 2.15.